The molecule has 0 bridgehead atoms. The smallest absolute Gasteiger partial charge is 0.162 e. The van der Waals surface area contributed by atoms with Crippen LogP contribution in [0.2, 0.25) is 10.0 Å². The van der Waals surface area contributed by atoms with Crippen molar-refractivity contribution >= 4 is 39.9 Å². The molecule has 3 saturated heterocycles. The summed E-state index contributed by atoms with van der Waals surface area (Å²) in [5.41, 5.74) is 3.25. The molecule has 12 nitrogen and oxygen atoms in total. The van der Waals surface area contributed by atoms with Crippen LogP contribution in [0.3, 0.4) is 0 Å². The number of fused-ring (bicyclic) bond motifs is 1. The molecule has 3 aliphatic heterocycles. The van der Waals surface area contributed by atoms with Crippen molar-refractivity contribution < 1.29 is 23.7 Å². The molecule has 0 amide bonds. The van der Waals surface area contributed by atoms with Gasteiger partial charge in [-0.2, -0.15) is 10.4 Å². The number of halogens is 2. The van der Waals surface area contributed by atoms with Crippen molar-refractivity contribution in [3.63, 3.8) is 0 Å². The van der Waals surface area contributed by atoms with Gasteiger partial charge in [0, 0.05) is 55.1 Å². The van der Waals surface area contributed by atoms with Crippen LogP contribution in [0.4, 0.5) is 5.82 Å². The van der Waals surface area contributed by atoms with E-state index in [1.165, 1.54) is 0 Å². The van der Waals surface area contributed by atoms with E-state index in [-0.39, 0.29) is 11.8 Å². The minimum Gasteiger partial charge on any atom is -0.493 e. The minimum absolute atomic E-state index is 0.0503. The maximum Gasteiger partial charge on any atom is 0.162 e. The number of methoxy groups -OCH3 is 1. The lowest BCUT2D eigenvalue weighted by molar-refractivity contribution is -0.0365. The van der Waals surface area contributed by atoms with E-state index in [1.807, 2.05) is 35.9 Å². The fraction of sp³-hybridized carbons (Fsp3) is 0.514. The van der Waals surface area contributed by atoms with Crippen molar-refractivity contribution in [3.8, 4) is 29.0 Å². The summed E-state index contributed by atoms with van der Waals surface area (Å²) in [6.07, 6.45) is 5.26. The molecule has 7 rings (SSSR count). The normalized spacial score (nSPS) is 19.1. The van der Waals surface area contributed by atoms with Crippen LogP contribution in [-0.2, 0) is 14.2 Å². The second-order valence-corrected chi connectivity index (χ2v) is 14.3. The molecular weight excluding hydrogens is 693 g/mol. The molecule has 1 unspecified atom stereocenters. The van der Waals surface area contributed by atoms with Gasteiger partial charge in [-0.15, -0.1) is 0 Å². The molecule has 0 saturated carbocycles. The molecule has 0 aliphatic carbocycles. The van der Waals surface area contributed by atoms with E-state index in [1.54, 1.807) is 19.5 Å². The molecule has 2 atom stereocenters. The number of ether oxygens (including phenoxy) is 5. The van der Waals surface area contributed by atoms with Crippen molar-refractivity contribution in [1.29, 1.82) is 5.26 Å². The highest BCUT2D eigenvalue weighted by Crippen LogP contribution is 2.42. The molecule has 272 valence electrons. The minimum atomic E-state index is -0.501. The van der Waals surface area contributed by atoms with E-state index in [9.17, 15) is 5.26 Å². The zero-order chi connectivity index (χ0) is 36.1. The van der Waals surface area contributed by atoms with Gasteiger partial charge in [0.15, 0.2) is 17.7 Å². The molecule has 6 heterocycles. The van der Waals surface area contributed by atoms with Crippen LogP contribution in [0, 0.1) is 11.3 Å². The standard InChI is InChI=1S/C33H37Cl2N7O3.C4H8O2/c1-19(2)39-33(4)17-41(18-33)32-21(14-36)9-10-25(38-32)31-22-12-28(45-20(3)30-23(34)15-37-16-24(30)35)27(43-5)13-26(22)42(40-31)29-8-6-7-11-44-29;1-2-6-4-3-5-1/h9-10,12-13,15-16,19-20,29,39H,6-8,11,17-18H2,1-5H3;1-4H2/t20-,29?;/m1./s1. The first-order chi connectivity index (χ1) is 24.6. The third-order valence-corrected chi connectivity index (χ3v) is 9.62. The summed E-state index contributed by atoms with van der Waals surface area (Å²) in [4.78, 5) is 11.2. The van der Waals surface area contributed by atoms with Gasteiger partial charge in [-0.3, -0.25) is 4.98 Å². The second-order valence-electron chi connectivity index (χ2n) is 13.5. The number of nitrogens with zero attached hydrogens (tertiary/aromatic N) is 6. The number of hydrogen-bond donors (Lipinski definition) is 1. The van der Waals surface area contributed by atoms with Gasteiger partial charge in [-0.25, -0.2) is 9.67 Å². The Kier molecular flexibility index (Phi) is 11.9. The van der Waals surface area contributed by atoms with E-state index in [0.29, 0.717) is 62.5 Å². The highest BCUT2D eigenvalue weighted by atomic mass is 35.5. The lowest BCUT2D eigenvalue weighted by atomic mass is 9.91. The zero-order valence-corrected chi connectivity index (χ0v) is 31.3. The largest absolute Gasteiger partial charge is 0.493 e. The van der Waals surface area contributed by atoms with Gasteiger partial charge in [0.05, 0.1) is 65.9 Å². The quantitative estimate of drug-likeness (QED) is 0.188. The highest BCUT2D eigenvalue weighted by molar-refractivity contribution is 6.35. The van der Waals surface area contributed by atoms with Gasteiger partial charge in [-0.1, -0.05) is 37.0 Å². The summed E-state index contributed by atoms with van der Waals surface area (Å²) in [5, 5.41) is 20.3. The Hall–Kier alpha value is -3.70. The number of benzene rings is 1. The Bertz CT molecular complexity index is 1830. The summed E-state index contributed by atoms with van der Waals surface area (Å²) in [5.74, 6) is 1.68. The number of nitrogens with one attached hydrogen (secondary N) is 1. The fourth-order valence-electron chi connectivity index (χ4n) is 6.86. The highest BCUT2D eigenvalue weighted by Gasteiger charge is 2.40. The molecule has 51 heavy (non-hydrogen) atoms. The van der Waals surface area contributed by atoms with Gasteiger partial charge >= 0.3 is 0 Å². The fourth-order valence-corrected chi connectivity index (χ4v) is 7.53. The lowest BCUT2D eigenvalue weighted by Gasteiger charge is -2.50. The van der Waals surface area contributed by atoms with E-state index in [0.717, 1.165) is 69.7 Å². The number of rotatable bonds is 9. The van der Waals surface area contributed by atoms with E-state index < -0.39 is 6.10 Å². The summed E-state index contributed by atoms with van der Waals surface area (Å²) in [6.45, 7) is 13.6. The van der Waals surface area contributed by atoms with Crippen LogP contribution in [0.25, 0.3) is 22.3 Å². The van der Waals surface area contributed by atoms with Gasteiger partial charge in [0.25, 0.3) is 0 Å². The lowest BCUT2D eigenvalue weighted by Crippen LogP contribution is -2.69. The predicted octanol–water partition coefficient (Wildman–Crippen LogP) is 7.13. The van der Waals surface area contributed by atoms with E-state index in [4.69, 9.17) is 57.0 Å². The number of nitriles is 1. The average Bonchev–Trinajstić information content (AvgIpc) is 3.49. The van der Waals surface area contributed by atoms with Crippen molar-refractivity contribution in [2.45, 2.75) is 70.9 Å². The van der Waals surface area contributed by atoms with Crippen LogP contribution < -0.4 is 19.7 Å². The summed E-state index contributed by atoms with van der Waals surface area (Å²) in [6, 6.07) is 10.2. The third kappa shape index (κ3) is 8.35. The molecule has 1 N–H and O–H groups in total. The summed E-state index contributed by atoms with van der Waals surface area (Å²) in [7, 11) is 1.60. The van der Waals surface area contributed by atoms with Crippen molar-refractivity contribution in [1.82, 2.24) is 25.1 Å². The van der Waals surface area contributed by atoms with Crippen molar-refractivity contribution in [2.24, 2.45) is 0 Å². The number of pyridine rings is 2. The van der Waals surface area contributed by atoms with Crippen LogP contribution in [0.5, 0.6) is 11.5 Å². The third-order valence-electron chi connectivity index (χ3n) is 9.02. The van der Waals surface area contributed by atoms with E-state index >= 15 is 0 Å². The number of hydrogen-bond acceptors (Lipinski definition) is 11. The Morgan fingerprint density at radius 3 is 2.29 bits per heavy atom. The monoisotopic (exact) mass is 737 g/mol. The molecule has 4 aromatic rings. The summed E-state index contributed by atoms with van der Waals surface area (Å²) < 4.78 is 30.2. The number of anilines is 1. The Labute approximate surface area is 308 Å². The molecule has 3 fully saturated rings. The molecule has 1 aromatic carbocycles. The Morgan fingerprint density at radius 1 is 1.00 bits per heavy atom. The molecule has 0 spiro atoms. The van der Waals surface area contributed by atoms with Gasteiger partial charge < -0.3 is 33.9 Å². The summed E-state index contributed by atoms with van der Waals surface area (Å²) >= 11 is 12.9. The van der Waals surface area contributed by atoms with Crippen LogP contribution in [0.15, 0.2) is 36.7 Å². The molecule has 14 heteroatoms. The zero-order valence-electron chi connectivity index (χ0n) is 29.7. The van der Waals surface area contributed by atoms with Crippen LogP contribution in [0.1, 0.15) is 70.4 Å². The SMILES string of the molecule is C1COCCO1.COc1cc2c(cc1O[C@H](C)c1c(Cl)cncc1Cl)c(-c1ccc(C#N)c(N3CC(C)(NC(C)C)C3)n1)nn2C1CCCCO1. The number of aromatic nitrogens is 4. The van der Waals surface area contributed by atoms with E-state index in [2.05, 4.69) is 42.0 Å². The van der Waals surface area contributed by atoms with Gasteiger partial charge in [0.2, 0.25) is 0 Å². The predicted molar refractivity (Wildman–Crippen MR) is 197 cm³/mol. The van der Waals surface area contributed by atoms with Crippen molar-refractivity contribution in [3.05, 3.63) is 57.8 Å². The van der Waals surface area contributed by atoms with Gasteiger partial charge in [0.1, 0.15) is 23.7 Å². The Balaban J connectivity index is 0.000000677. The molecule has 0 radical (unpaired) electrons. The molecular formula is C37H45Cl2N7O5. The van der Waals surface area contributed by atoms with Gasteiger partial charge in [-0.05, 0) is 51.3 Å². The molecule has 3 aliphatic rings. The Morgan fingerprint density at radius 2 is 1.71 bits per heavy atom. The first-order valence-electron chi connectivity index (χ1n) is 17.4. The second kappa shape index (κ2) is 16.3. The van der Waals surface area contributed by atoms with Crippen LogP contribution >= 0.6 is 23.2 Å². The van der Waals surface area contributed by atoms with Crippen LogP contribution in [-0.4, -0.2) is 84.6 Å². The first-order valence-corrected chi connectivity index (χ1v) is 18.1. The first kappa shape index (κ1) is 37.1. The maximum absolute atomic E-state index is 9.96. The van der Waals surface area contributed by atoms with Crippen molar-refractivity contribution in [2.75, 3.05) is 58.1 Å². The average molecular weight is 739 g/mol. The molecule has 3 aromatic heterocycles. The topological polar surface area (TPSA) is 129 Å². The maximum atomic E-state index is 9.96.